The Morgan fingerprint density at radius 1 is 1.48 bits per heavy atom. The van der Waals surface area contributed by atoms with Gasteiger partial charge < -0.3 is 25.9 Å². The van der Waals surface area contributed by atoms with Crippen molar-refractivity contribution in [2.75, 3.05) is 25.5 Å². The van der Waals surface area contributed by atoms with E-state index in [0.29, 0.717) is 37.4 Å². The van der Waals surface area contributed by atoms with E-state index in [2.05, 4.69) is 10.5 Å². The number of amides is 2. The predicted octanol–water partition coefficient (Wildman–Crippen LogP) is 1.69. The van der Waals surface area contributed by atoms with Crippen LogP contribution in [0.3, 0.4) is 0 Å². The van der Waals surface area contributed by atoms with Crippen LogP contribution < -0.4 is 15.8 Å². The number of carbonyl (C=O) groups excluding carboxylic acids is 1. The van der Waals surface area contributed by atoms with Gasteiger partial charge in [-0.2, -0.15) is 0 Å². The van der Waals surface area contributed by atoms with Crippen LogP contribution in [0.25, 0.3) is 0 Å². The molecule has 0 unspecified atom stereocenters. The number of methoxy groups -OCH3 is 1. The highest BCUT2D eigenvalue weighted by Crippen LogP contribution is 2.20. The van der Waals surface area contributed by atoms with E-state index >= 15 is 0 Å². The minimum atomic E-state index is -0.152. The molecule has 21 heavy (non-hydrogen) atoms. The topological polar surface area (TPSA) is 100 Å². The maximum atomic E-state index is 12.2. The Morgan fingerprint density at radius 3 is 2.81 bits per heavy atom. The smallest absolute Gasteiger partial charge is 0.321 e. The lowest BCUT2D eigenvalue weighted by atomic mass is 9.96. The van der Waals surface area contributed by atoms with Crippen molar-refractivity contribution in [1.29, 1.82) is 0 Å². The van der Waals surface area contributed by atoms with Gasteiger partial charge in [0.15, 0.2) is 0 Å². The van der Waals surface area contributed by atoms with Gasteiger partial charge in [0.2, 0.25) is 0 Å². The van der Waals surface area contributed by atoms with E-state index in [0.717, 1.165) is 0 Å². The second-order valence-electron chi connectivity index (χ2n) is 4.95. The van der Waals surface area contributed by atoms with Crippen molar-refractivity contribution in [3.8, 4) is 5.75 Å². The Kier molecular flexibility index (Phi) is 4.86. The zero-order chi connectivity index (χ0) is 15.2. The van der Waals surface area contributed by atoms with Crippen molar-refractivity contribution < 1.29 is 14.7 Å². The Morgan fingerprint density at radius 2 is 2.19 bits per heavy atom. The zero-order valence-corrected chi connectivity index (χ0v) is 12.0. The van der Waals surface area contributed by atoms with Crippen molar-refractivity contribution in [3.05, 3.63) is 24.3 Å². The largest absolute Gasteiger partial charge is 0.497 e. The number of hydrogen-bond acceptors (Lipinski definition) is 4. The quantitative estimate of drug-likeness (QED) is 0.341. The minimum absolute atomic E-state index is 0.0378. The molecule has 2 rings (SSSR count). The van der Waals surface area contributed by atoms with Gasteiger partial charge in [-0.05, 0) is 25.0 Å². The molecule has 7 heteroatoms. The van der Waals surface area contributed by atoms with Gasteiger partial charge in [-0.25, -0.2) is 4.79 Å². The van der Waals surface area contributed by atoms with Crippen LogP contribution in [-0.2, 0) is 0 Å². The number of rotatable bonds is 3. The molecule has 1 saturated heterocycles. The number of piperidine rings is 1. The second kappa shape index (κ2) is 6.83. The highest BCUT2D eigenvalue weighted by Gasteiger charge is 2.25. The summed E-state index contributed by atoms with van der Waals surface area (Å²) in [5.41, 5.74) is 6.28. The number of hydrogen-bond donors (Lipinski definition) is 3. The third kappa shape index (κ3) is 3.77. The van der Waals surface area contributed by atoms with E-state index < -0.39 is 0 Å². The van der Waals surface area contributed by atoms with Crippen LogP contribution in [0.4, 0.5) is 10.5 Å². The number of nitrogens with zero attached hydrogens (tertiary/aromatic N) is 2. The number of nitrogens with one attached hydrogen (secondary N) is 1. The minimum Gasteiger partial charge on any atom is -0.497 e. The van der Waals surface area contributed by atoms with Gasteiger partial charge >= 0.3 is 6.03 Å². The summed E-state index contributed by atoms with van der Waals surface area (Å²) in [6.45, 7) is 1.16. The summed E-state index contributed by atoms with van der Waals surface area (Å²) in [7, 11) is 1.58. The number of amidine groups is 1. The maximum absolute atomic E-state index is 12.2. The molecule has 1 aromatic rings. The molecule has 1 aliphatic heterocycles. The highest BCUT2D eigenvalue weighted by atomic mass is 16.5. The fourth-order valence-corrected chi connectivity index (χ4v) is 2.36. The van der Waals surface area contributed by atoms with Crippen LogP contribution in [0.15, 0.2) is 29.4 Å². The van der Waals surface area contributed by atoms with Gasteiger partial charge in [-0.1, -0.05) is 11.2 Å². The lowest BCUT2D eigenvalue weighted by molar-refractivity contribution is 0.192. The van der Waals surface area contributed by atoms with Crippen molar-refractivity contribution in [1.82, 2.24) is 4.90 Å². The Hall–Kier alpha value is -2.44. The number of benzene rings is 1. The SMILES string of the molecule is COc1cccc(NC(=O)N2CCC(C(N)=NO)CC2)c1. The summed E-state index contributed by atoms with van der Waals surface area (Å²) in [6.07, 6.45) is 1.39. The molecule has 0 atom stereocenters. The molecule has 1 aromatic carbocycles. The maximum Gasteiger partial charge on any atom is 0.321 e. The molecule has 4 N–H and O–H groups in total. The van der Waals surface area contributed by atoms with E-state index in [-0.39, 0.29) is 17.8 Å². The van der Waals surface area contributed by atoms with Crippen LogP contribution >= 0.6 is 0 Å². The Labute approximate surface area is 123 Å². The van der Waals surface area contributed by atoms with E-state index in [1.54, 1.807) is 18.1 Å². The molecule has 1 heterocycles. The number of urea groups is 1. The third-order valence-electron chi connectivity index (χ3n) is 3.64. The van der Waals surface area contributed by atoms with E-state index in [4.69, 9.17) is 15.7 Å². The molecule has 0 saturated carbocycles. The number of oxime groups is 1. The zero-order valence-electron chi connectivity index (χ0n) is 12.0. The van der Waals surface area contributed by atoms with Gasteiger partial charge in [-0.15, -0.1) is 0 Å². The fourth-order valence-electron chi connectivity index (χ4n) is 2.36. The van der Waals surface area contributed by atoms with Crippen LogP contribution in [-0.4, -0.2) is 42.2 Å². The molecule has 0 spiro atoms. The summed E-state index contributed by atoms with van der Waals surface area (Å²) < 4.78 is 5.12. The normalized spacial score (nSPS) is 16.6. The molecule has 0 aliphatic carbocycles. The van der Waals surface area contributed by atoms with Gasteiger partial charge in [0, 0.05) is 30.8 Å². The Balaban J connectivity index is 1.90. The molecule has 1 aliphatic rings. The monoisotopic (exact) mass is 292 g/mol. The van der Waals surface area contributed by atoms with Gasteiger partial charge in [0.25, 0.3) is 0 Å². The van der Waals surface area contributed by atoms with Crippen LogP contribution in [0, 0.1) is 5.92 Å². The second-order valence-corrected chi connectivity index (χ2v) is 4.95. The van der Waals surface area contributed by atoms with Gasteiger partial charge in [0.1, 0.15) is 11.6 Å². The average molecular weight is 292 g/mol. The predicted molar refractivity (Wildman–Crippen MR) is 79.7 cm³/mol. The number of anilines is 1. The summed E-state index contributed by atoms with van der Waals surface area (Å²) in [5.74, 6) is 0.970. The fraction of sp³-hybridized carbons (Fsp3) is 0.429. The Bertz CT molecular complexity index is 525. The van der Waals surface area contributed by atoms with Crippen molar-refractivity contribution in [2.45, 2.75) is 12.8 Å². The summed E-state index contributed by atoms with van der Waals surface area (Å²) in [5, 5.41) is 14.5. The molecule has 0 aromatic heterocycles. The molecule has 2 amide bonds. The van der Waals surface area contributed by atoms with E-state index in [1.165, 1.54) is 0 Å². The molecule has 7 nitrogen and oxygen atoms in total. The van der Waals surface area contributed by atoms with Crippen molar-refractivity contribution >= 4 is 17.6 Å². The summed E-state index contributed by atoms with van der Waals surface area (Å²) >= 11 is 0. The number of likely N-dealkylation sites (tertiary alicyclic amines) is 1. The van der Waals surface area contributed by atoms with Crippen molar-refractivity contribution in [3.63, 3.8) is 0 Å². The molecular weight excluding hydrogens is 272 g/mol. The first-order valence-corrected chi connectivity index (χ1v) is 6.81. The molecular formula is C14H20N4O3. The number of ether oxygens (including phenoxy) is 1. The summed E-state index contributed by atoms with van der Waals surface area (Å²) in [4.78, 5) is 13.9. The van der Waals surface area contributed by atoms with Gasteiger partial charge in [0.05, 0.1) is 7.11 Å². The van der Waals surface area contributed by atoms with Crippen LogP contribution in [0.2, 0.25) is 0 Å². The standard InChI is InChI=1S/C14H20N4O3/c1-21-12-4-2-3-11(9-12)16-14(19)18-7-5-10(6-8-18)13(15)17-20/h2-4,9-10,20H,5-8H2,1H3,(H2,15,17)(H,16,19). The first-order valence-electron chi connectivity index (χ1n) is 6.81. The van der Waals surface area contributed by atoms with Crippen LogP contribution in [0.5, 0.6) is 5.75 Å². The van der Waals surface area contributed by atoms with Crippen LogP contribution in [0.1, 0.15) is 12.8 Å². The average Bonchev–Trinajstić information content (AvgIpc) is 2.54. The first-order chi connectivity index (χ1) is 10.1. The highest BCUT2D eigenvalue weighted by molar-refractivity contribution is 5.90. The molecule has 0 bridgehead atoms. The number of carbonyl (C=O) groups is 1. The lowest BCUT2D eigenvalue weighted by Gasteiger charge is -2.31. The molecule has 114 valence electrons. The van der Waals surface area contributed by atoms with E-state index in [9.17, 15) is 4.79 Å². The molecule has 0 radical (unpaired) electrons. The van der Waals surface area contributed by atoms with E-state index in [1.807, 2.05) is 18.2 Å². The third-order valence-corrected chi connectivity index (χ3v) is 3.64. The first kappa shape index (κ1) is 15.0. The van der Waals surface area contributed by atoms with Gasteiger partial charge in [-0.3, -0.25) is 0 Å². The summed E-state index contributed by atoms with van der Waals surface area (Å²) in [6, 6.07) is 7.06. The lowest BCUT2D eigenvalue weighted by Crippen LogP contribution is -2.43. The number of nitrogens with two attached hydrogens (primary N) is 1. The van der Waals surface area contributed by atoms with Crippen molar-refractivity contribution in [2.24, 2.45) is 16.8 Å². The molecule has 1 fully saturated rings.